The molecule has 1 atom stereocenters. The van der Waals surface area contributed by atoms with Crippen molar-refractivity contribution in [3.63, 3.8) is 0 Å². The van der Waals surface area contributed by atoms with Crippen molar-refractivity contribution in [1.82, 2.24) is 0 Å². The number of carboxylic acids is 1. The van der Waals surface area contributed by atoms with E-state index in [-0.39, 0.29) is 6.42 Å². The lowest BCUT2D eigenvalue weighted by Gasteiger charge is -2.12. The van der Waals surface area contributed by atoms with Gasteiger partial charge in [-0.05, 0) is 6.42 Å². The van der Waals surface area contributed by atoms with E-state index in [4.69, 9.17) is 0 Å². The highest BCUT2D eigenvalue weighted by Gasteiger charge is 2.01. The zero-order valence-electron chi connectivity index (χ0n) is 8.64. The average molecular weight is 189 g/mol. The van der Waals surface area contributed by atoms with Crippen molar-refractivity contribution in [2.75, 3.05) is 33.2 Å². The van der Waals surface area contributed by atoms with Crippen LogP contribution < -0.4 is 15.3 Å². The Bertz CT molecular complexity index is 140. The molecule has 4 nitrogen and oxygen atoms in total. The van der Waals surface area contributed by atoms with Gasteiger partial charge in [0.1, 0.15) is 13.1 Å². The Kier molecular flexibility index (Phi) is 7.63. The Hall–Kier alpha value is -0.610. The van der Waals surface area contributed by atoms with Crippen LogP contribution in [0.25, 0.3) is 0 Å². The highest BCUT2D eigenvalue weighted by Crippen LogP contribution is 1.65. The van der Waals surface area contributed by atoms with E-state index in [0.29, 0.717) is 6.54 Å². The molecule has 78 valence electrons. The normalized spacial score (nSPS) is 12.8. The van der Waals surface area contributed by atoms with Crippen LogP contribution in [0.4, 0.5) is 0 Å². The molecule has 0 aliphatic rings. The van der Waals surface area contributed by atoms with Gasteiger partial charge in [0, 0.05) is 12.4 Å². The molecule has 0 amide bonds. The van der Waals surface area contributed by atoms with E-state index in [9.17, 15) is 9.90 Å². The Morgan fingerprint density at radius 3 is 2.62 bits per heavy atom. The number of hydrogen-bond donors (Lipinski definition) is 2. The number of hydrogen-bond acceptors (Lipinski definition) is 2. The van der Waals surface area contributed by atoms with E-state index in [0.717, 1.165) is 19.6 Å². The summed E-state index contributed by atoms with van der Waals surface area (Å²) in [5.41, 5.74) is 0. The molecular weight excluding hydrogens is 168 g/mol. The molecule has 1 unspecified atom stereocenters. The maximum atomic E-state index is 10.1. The second-order valence-electron chi connectivity index (χ2n) is 3.45. The topological polar surface area (TPSA) is 61.2 Å². The molecule has 0 aromatic rings. The monoisotopic (exact) mass is 189 g/mol. The largest absolute Gasteiger partial charge is 0.550 e. The van der Waals surface area contributed by atoms with Gasteiger partial charge < -0.3 is 20.1 Å². The van der Waals surface area contributed by atoms with Crippen molar-refractivity contribution in [3.05, 3.63) is 0 Å². The van der Waals surface area contributed by atoms with Crippen LogP contribution in [0.2, 0.25) is 0 Å². The van der Waals surface area contributed by atoms with Gasteiger partial charge in [0.15, 0.2) is 0 Å². The van der Waals surface area contributed by atoms with Gasteiger partial charge in [-0.15, -0.1) is 0 Å². The molecule has 0 bridgehead atoms. The van der Waals surface area contributed by atoms with Crippen LogP contribution in [0, 0.1) is 0 Å². The van der Waals surface area contributed by atoms with Gasteiger partial charge in [0.05, 0.1) is 20.1 Å². The lowest BCUT2D eigenvalue weighted by Crippen LogP contribution is -3.12. The summed E-state index contributed by atoms with van der Waals surface area (Å²) in [6.07, 6.45) is 1.36. The minimum atomic E-state index is -0.947. The summed E-state index contributed by atoms with van der Waals surface area (Å²) in [6, 6.07) is 0. The summed E-state index contributed by atoms with van der Waals surface area (Å²) in [6.45, 7) is 6.08. The molecular formula is C9H21N2O2+. The van der Waals surface area contributed by atoms with Crippen LogP contribution in [0.1, 0.15) is 19.8 Å². The minimum absolute atomic E-state index is 0.166. The van der Waals surface area contributed by atoms with Gasteiger partial charge in [0.2, 0.25) is 0 Å². The molecule has 0 fully saturated rings. The van der Waals surface area contributed by atoms with Crippen molar-refractivity contribution >= 4 is 5.97 Å². The number of quaternary nitrogens is 2. The van der Waals surface area contributed by atoms with E-state index < -0.39 is 5.97 Å². The summed E-state index contributed by atoms with van der Waals surface area (Å²) >= 11 is 0. The van der Waals surface area contributed by atoms with Crippen LogP contribution in [0.3, 0.4) is 0 Å². The van der Waals surface area contributed by atoms with Gasteiger partial charge in [0.25, 0.3) is 0 Å². The van der Waals surface area contributed by atoms with Crippen molar-refractivity contribution < 1.29 is 20.1 Å². The van der Waals surface area contributed by atoms with E-state index in [1.807, 2.05) is 7.05 Å². The van der Waals surface area contributed by atoms with Gasteiger partial charge in [-0.2, -0.15) is 0 Å². The number of nitrogens with two attached hydrogens (primary N) is 1. The van der Waals surface area contributed by atoms with Crippen LogP contribution in [0.15, 0.2) is 0 Å². The fourth-order valence-corrected chi connectivity index (χ4v) is 1.14. The highest BCUT2D eigenvalue weighted by atomic mass is 16.4. The molecule has 0 saturated carbocycles. The first-order chi connectivity index (χ1) is 6.16. The molecule has 0 aromatic carbocycles. The molecule has 0 radical (unpaired) electrons. The van der Waals surface area contributed by atoms with Crippen LogP contribution >= 0.6 is 0 Å². The van der Waals surface area contributed by atoms with E-state index in [2.05, 4.69) is 12.2 Å². The molecule has 3 N–H and O–H groups in total. The Morgan fingerprint density at radius 1 is 1.38 bits per heavy atom. The van der Waals surface area contributed by atoms with Gasteiger partial charge in [-0.25, -0.2) is 0 Å². The van der Waals surface area contributed by atoms with Crippen molar-refractivity contribution in [3.8, 4) is 0 Å². The predicted octanol–water partition coefficient (Wildman–Crippen LogP) is -3.39. The summed E-state index contributed by atoms with van der Waals surface area (Å²) in [4.78, 5) is 11.4. The number of carboxylic acid groups (broad SMARTS) is 1. The zero-order chi connectivity index (χ0) is 10.1. The number of carbonyl (C=O) groups excluding carboxylic acids is 1. The van der Waals surface area contributed by atoms with Crippen LogP contribution in [-0.2, 0) is 4.79 Å². The van der Waals surface area contributed by atoms with Gasteiger partial charge >= 0.3 is 0 Å². The fraction of sp³-hybridized carbons (Fsp3) is 0.889. The predicted molar refractivity (Wildman–Crippen MR) is 48.2 cm³/mol. The van der Waals surface area contributed by atoms with Crippen LogP contribution in [0.5, 0.6) is 0 Å². The number of aliphatic carboxylic acids is 1. The van der Waals surface area contributed by atoms with Crippen molar-refractivity contribution in [2.45, 2.75) is 19.8 Å². The first-order valence-corrected chi connectivity index (χ1v) is 4.99. The average Bonchev–Trinajstić information content (AvgIpc) is 2.09. The molecule has 0 saturated heterocycles. The first kappa shape index (κ1) is 12.4. The summed E-state index contributed by atoms with van der Waals surface area (Å²) in [5, 5.41) is 12.4. The molecule has 0 spiro atoms. The zero-order valence-corrected chi connectivity index (χ0v) is 8.64. The minimum Gasteiger partial charge on any atom is -0.550 e. The second-order valence-corrected chi connectivity index (χ2v) is 3.45. The van der Waals surface area contributed by atoms with E-state index in [1.165, 1.54) is 11.3 Å². The number of rotatable bonds is 8. The maximum Gasteiger partial charge on any atom is 0.127 e. The van der Waals surface area contributed by atoms with Crippen molar-refractivity contribution in [2.24, 2.45) is 0 Å². The Balaban J connectivity index is 3.19. The molecule has 0 aliphatic heterocycles. The highest BCUT2D eigenvalue weighted by molar-refractivity contribution is 5.64. The number of likely N-dealkylation sites (N-methyl/N-ethyl adjacent to an activating group) is 1. The number of nitrogens with one attached hydrogen (secondary N) is 1. The standard InChI is InChI=1S/C9H20N2O2/c1-3-5-10-6-8-11(2)7-4-9(12)13/h10H,3-8H2,1-2H3,(H,12,13)/p+1. The molecule has 0 rings (SSSR count). The van der Waals surface area contributed by atoms with Gasteiger partial charge in [-0.1, -0.05) is 6.92 Å². The molecule has 13 heavy (non-hydrogen) atoms. The van der Waals surface area contributed by atoms with E-state index >= 15 is 0 Å². The first-order valence-electron chi connectivity index (χ1n) is 4.99. The van der Waals surface area contributed by atoms with Crippen molar-refractivity contribution in [1.29, 1.82) is 0 Å². The fourth-order valence-electron chi connectivity index (χ4n) is 1.14. The molecule has 0 heterocycles. The maximum absolute atomic E-state index is 10.1. The summed E-state index contributed by atoms with van der Waals surface area (Å²) in [7, 11) is 2.02. The van der Waals surface area contributed by atoms with Crippen LogP contribution in [-0.4, -0.2) is 39.2 Å². The third-order valence-electron chi connectivity index (χ3n) is 2.02. The lowest BCUT2D eigenvalue weighted by molar-refractivity contribution is -0.893. The quantitative estimate of drug-likeness (QED) is 0.391. The Morgan fingerprint density at radius 2 is 2.08 bits per heavy atom. The number of carbonyl (C=O) groups is 1. The van der Waals surface area contributed by atoms with E-state index in [1.54, 1.807) is 0 Å². The molecule has 4 heteroatoms. The molecule has 0 aliphatic carbocycles. The summed E-state index contributed by atoms with van der Waals surface area (Å²) in [5.74, 6) is -0.947. The smallest absolute Gasteiger partial charge is 0.127 e. The summed E-state index contributed by atoms with van der Waals surface area (Å²) < 4.78 is 0. The third-order valence-corrected chi connectivity index (χ3v) is 2.02. The SMILES string of the molecule is CCC[NH2+]CC[NH+](C)CCC(=O)[O-]. The second kappa shape index (κ2) is 8.01. The molecule has 0 aromatic heterocycles. The Labute approximate surface area is 79.9 Å². The van der Waals surface area contributed by atoms with Gasteiger partial charge in [-0.3, -0.25) is 0 Å². The third kappa shape index (κ3) is 9.30. The lowest BCUT2D eigenvalue weighted by atomic mass is 10.4.